The minimum Gasteiger partial charge on any atom is -0.395 e. The number of hydrogen-bond donors (Lipinski definition) is 1. The van der Waals surface area contributed by atoms with Gasteiger partial charge in [-0.1, -0.05) is 13.0 Å². The molecule has 1 heterocycles. The lowest BCUT2D eigenvalue weighted by molar-refractivity contribution is 0.134. The van der Waals surface area contributed by atoms with Gasteiger partial charge in [0.2, 0.25) is 0 Å². The van der Waals surface area contributed by atoms with Gasteiger partial charge in [-0.3, -0.25) is 4.90 Å². The van der Waals surface area contributed by atoms with Crippen LogP contribution in [-0.4, -0.2) is 29.2 Å². The standard InChI is InChI=1S/C15H20N2O/c1-11-5-6-17(15(11)10-18)9-14-4-3-13(8-16)7-12(14)2/h3-4,7,11,15,18H,5-6,9-10H2,1-2H3. The van der Waals surface area contributed by atoms with E-state index in [2.05, 4.69) is 17.9 Å². The van der Waals surface area contributed by atoms with Gasteiger partial charge in [0, 0.05) is 12.6 Å². The molecular formula is C15H20N2O. The summed E-state index contributed by atoms with van der Waals surface area (Å²) in [5.41, 5.74) is 3.12. The number of likely N-dealkylation sites (tertiary alicyclic amines) is 1. The molecule has 0 spiro atoms. The molecular weight excluding hydrogens is 224 g/mol. The predicted molar refractivity (Wildman–Crippen MR) is 71.0 cm³/mol. The molecule has 2 rings (SSSR count). The van der Waals surface area contributed by atoms with E-state index in [0.29, 0.717) is 11.5 Å². The molecule has 1 aromatic carbocycles. The second kappa shape index (κ2) is 5.51. The monoisotopic (exact) mass is 244 g/mol. The summed E-state index contributed by atoms with van der Waals surface area (Å²) in [4.78, 5) is 2.35. The van der Waals surface area contributed by atoms with Crippen molar-refractivity contribution in [3.63, 3.8) is 0 Å². The number of benzene rings is 1. The summed E-state index contributed by atoms with van der Waals surface area (Å²) in [6, 6.07) is 8.28. The van der Waals surface area contributed by atoms with Crippen LogP contribution in [0.4, 0.5) is 0 Å². The molecule has 1 aliphatic heterocycles. The maximum atomic E-state index is 9.45. The summed E-state index contributed by atoms with van der Waals surface area (Å²) in [5, 5.41) is 18.3. The highest BCUT2D eigenvalue weighted by Crippen LogP contribution is 2.26. The second-order valence-electron chi connectivity index (χ2n) is 5.24. The number of hydrogen-bond acceptors (Lipinski definition) is 3. The van der Waals surface area contributed by atoms with Gasteiger partial charge in [0.1, 0.15) is 0 Å². The number of aliphatic hydroxyl groups excluding tert-OH is 1. The van der Waals surface area contributed by atoms with Crippen LogP contribution in [0.5, 0.6) is 0 Å². The van der Waals surface area contributed by atoms with E-state index >= 15 is 0 Å². The van der Waals surface area contributed by atoms with Crippen LogP contribution in [0.25, 0.3) is 0 Å². The highest BCUT2D eigenvalue weighted by molar-refractivity contribution is 5.37. The van der Waals surface area contributed by atoms with Crippen LogP contribution >= 0.6 is 0 Å². The fourth-order valence-corrected chi connectivity index (χ4v) is 2.74. The van der Waals surface area contributed by atoms with Crippen LogP contribution in [0.15, 0.2) is 18.2 Å². The molecule has 2 atom stereocenters. The quantitative estimate of drug-likeness (QED) is 0.885. The summed E-state index contributed by atoms with van der Waals surface area (Å²) >= 11 is 0. The largest absolute Gasteiger partial charge is 0.395 e. The van der Waals surface area contributed by atoms with Gasteiger partial charge in [-0.2, -0.15) is 5.26 Å². The summed E-state index contributed by atoms with van der Waals surface area (Å²) < 4.78 is 0. The highest BCUT2D eigenvalue weighted by atomic mass is 16.3. The van der Waals surface area contributed by atoms with E-state index in [1.165, 1.54) is 5.56 Å². The first-order valence-corrected chi connectivity index (χ1v) is 6.50. The van der Waals surface area contributed by atoms with Crippen LogP contribution in [0.1, 0.15) is 30.0 Å². The third-order valence-corrected chi connectivity index (χ3v) is 4.03. The van der Waals surface area contributed by atoms with E-state index in [1.54, 1.807) is 0 Å². The molecule has 0 aromatic heterocycles. The Morgan fingerprint density at radius 1 is 1.50 bits per heavy atom. The Morgan fingerprint density at radius 3 is 2.89 bits per heavy atom. The average Bonchev–Trinajstić information content (AvgIpc) is 2.72. The highest BCUT2D eigenvalue weighted by Gasteiger charge is 2.30. The van der Waals surface area contributed by atoms with E-state index < -0.39 is 0 Å². The Labute approximate surface area is 109 Å². The first kappa shape index (κ1) is 13.1. The summed E-state index contributed by atoms with van der Waals surface area (Å²) in [7, 11) is 0. The maximum absolute atomic E-state index is 9.45. The molecule has 3 heteroatoms. The predicted octanol–water partition coefficient (Wildman–Crippen LogP) is 2.07. The third kappa shape index (κ3) is 2.55. The van der Waals surface area contributed by atoms with Gasteiger partial charge >= 0.3 is 0 Å². The zero-order valence-electron chi connectivity index (χ0n) is 11.1. The first-order chi connectivity index (χ1) is 8.65. The summed E-state index contributed by atoms with van der Waals surface area (Å²) in [5.74, 6) is 0.564. The molecule has 1 aliphatic rings. The zero-order chi connectivity index (χ0) is 13.1. The zero-order valence-corrected chi connectivity index (χ0v) is 11.1. The van der Waals surface area contributed by atoms with Crippen molar-refractivity contribution in [1.29, 1.82) is 5.26 Å². The van der Waals surface area contributed by atoms with Gasteiger partial charge < -0.3 is 5.11 Å². The Bertz CT molecular complexity index is 464. The Hall–Kier alpha value is -1.37. The van der Waals surface area contributed by atoms with Gasteiger partial charge in [0.05, 0.1) is 18.2 Å². The number of nitrogens with zero attached hydrogens (tertiary/aromatic N) is 2. The Balaban J connectivity index is 2.12. The molecule has 0 bridgehead atoms. The van der Waals surface area contributed by atoms with Gasteiger partial charge in [0.25, 0.3) is 0 Å². The van der Waals surface area contributed by atoms with Crippen molar-refractivity contribution in [2.45, 2.75) is 32.9 Å². The molecule has 0 radical (unpaired) electrons. The number of aliphatic hydroxyl groups is 1. The minimum absolute atomic E-state index is 0.233. The molecule has 0 saturated carbocycles. The van der Waals surface area contributed by atoms with Crippen LogP contribution in [0, 0.1) is 24.2 Å². The van der Waals surface area contributed by atoms with Gasteiger partial charge in [-0.25, -0.2) is 0 Å². The van der Waals surface area contributed by atoms with Gasteiger partial charge in [0.15, 0.2) is 0 Å². The maximum Gasteiger partial charge on any atom is 0.0991 e. The van der Waals surface area contributed by atoms with Crippen molar-refractivity contribution < 1.29 is 5.11 Å². The van der Waals surface area contributed by atoms with E-state index in [1.807, 2.05) is 25.1 Å². The average molecular weight is 244 g/mol. The number of aryl methyl sites for hydroxylation is 1. The number of rotatable bonds is 3. The molecule has 1 aromatic rings. The lowest BCUT2D eigenvalue weighted by Crippen LogP contribution is -2.34. The second-order valence-corrected chi connectivity index (χ2v) is 5.24. The van der Waals surface area contributed by atoms with E-state index in [-0.39, 0.29) is 12.6 Å². The first-order valence-electron chi connectivity index (χ1n) is 6.50. The SMILES string of the molecule is Cc1cc(C#N)ccc1CN1CCC(C)C1CO. The van der Waals surface area contributed by atoms with Crippen molar-refractivity contribution in [2.75, 3.05) is 13.2 Å². The topological polar surface area (TPSA) is 47.3 Å². The summed E-state index contributed by atoms with van der Waals surface area (Å²) in [6.07, 6.45) is 1.15. The summed E-state index contributed by atoms with van der Waals surface area (Å²) in [6.45, 7) is 6.39. The van der Waals surface area contributed by atoms with Crippen LogP contribution in [0.3, 0.4) is 0 Å². The number of nitriles is 1. The molecule has 1 N–H and O–H groups in total. The van der Waals surface area contributed by atoms with Crippen molar-refractivity contribution in [3.05, 3.63) is 34.9 Å². The Morgan fingerprint density at radius 2 is 2.28 bits per heavy atom. The molecule has 0 aliphatic carbocycles. The molecule has 1 saturated heterocycles. The lowest BCUT2D eigenvalue weighted by atomic mass is 10.0. The third-order valence-electron chi connectivity index (χ3n) is 4.03. The molecule has 1 fully saturated rings. The minimum atomic E-state index is 0.233. The van der Waals surface area contributed by atoms with Crippen LogP contribution in [-0.2, 0) is 6.54 Å². The van der Waals surface area contributed by atoms with Crippen molar-refractivity contribution >= 4 is 0 Å². The van der Waals surface area contributed by atoms with Crippen LogP contribution < -0.4 is 0 Å². The van der Waals surface area contributed by atoms with Crippen molar-refractivity contribution in [2.24, 2.45) is 5.92 Å². The van der Waals surface area contributed by atoms with E-state index in [0.717, 1.165) is 25.1 Å². The molecule has 3 nitrogen and oxygen atoms in total. The Kier molecular flexibility index (Phi) is 4.00. The van der Waals surface area contributed by atoms with Crippen LogP contribution in [0.2, 0.25) is 0 Å². The lowest BCUT2D eigenvalue weighted by Gasteiger charge is -2.25. The molecule has 2 unspecified atom stereocenters. The molecule has 18 heavy (non-hydrogen) atoms. The fourth-order valence-electron chi connectivity index (χ4n) is 2.74. The van der Waals surface area contributed by atoms with E-state index in [9.17, 15) is 5.11 Å². The normalized spacial score (nSPS) is 24.1. The van der Waals surface area contributed by atoms with Gasteiger partial charge in [-0.05, 0) is 49.1 Å². The van der Waals surface area contributed by atoms with E-state index in [4.69, 9.17) is 5.26 Å². The van der Waals surface area contributed by atoms with Gasteiger partial charge in [-0.15, -0.1) is 0 Å². The fraction of sp³-hybridized carbons (Fsp3) is 0.533. The van der Waals surface area contributed by atoms with Crippen molar-refractivity contribution in [1.82, 2.24) is 4.90 Å². The smallest absolute Gasteiger partial charge is 0.0991 e. The molecule has 0 amide bonds. The molecule has 96 valence electrons. The van der Waals surface area contributed by atoms with Crippen molar-refractivity contribution in [3.8, 4) is 6.07 Å².